The summed E-state index contributed by atoms with van der Waals surface area (Å²) in [6.07, 6.45) is -0.964. The normalized spacial score (nSPS) is 15.0. The number of aliphatic carboxylic acids is 3. The third-order valence-electron chi connectivity index (χ3n) is 7.26. The second kappa shape index (κ2) is 13.3. The van der Waals surface area contributed by atoms with Crippen LogP contribution in [0.1, 0.15) is 49.4 Å². The lowest BCUT2D eigenvalue weighted by Crippen LogP contribution is -2.52. The number of piperidine rings is 1. The largest absolute Gasteiger partial charge is 0.481 e. The van der Waals surface area contributed by atoms with Gasteiger partial charge in [0.15, 0.2) is 5.60 Å². The average molecular weight is 606 g/mol. The molecule has 2 heterocycles. The number of carbonyl (C=O) groups excluding carboxylic acids is 1. The van der Waals surface area contributed by atoms with Gasteiger partial charge < -0.3 is 30.7 Å². The molecule has 13 heteroatoms. The Hall–Kier alpha value is -4.00. The topological polar surface area (TPSA) is 180 Å². The number of hydrogen-bond acceptors (Lipinski definition) is 6. The summed E-state index contributed by atoms with van der Waals surface area (Å²) in [6, 6.07) is 12.6. The van der Waals surface area contributed by atoms with E-state index in [4.69, 9.17) is 32.0 Å². The maximum Gasteiger partial charge on any atom is 0.336 e. The van der Waals surface area contributed by atoms with E-state index in [1.165, 1.54) is 18.6 Å². The van der Waals surface area contributed by atoms with Gasteiger partial charge in [0.25, 0.3) is 0 Å². The third kappa shape index (κ3) is 7.84. The Morgan fingerprint density at radius 2 is 1.64 bits per heavy atom. The molecule has 3 aromatic rings. The molecule has 4 rings (SSSR count). The summed E-state index contributed by atoms with van der Waals surface area (Å²) >= 11 is 6.21. The summed E-state index contributed by atoms with van der Waals surface area (Å²) in [7, 11) is 0. The van der Waals surface area contributed by atoms with Crippen molar-refractivity contribution < 1.29 is 44.0 Å². The van der Waals surface area contributed by atoms with Gasteiger partial charge in [-0.15, -0.1) is 0 Å². The molecule has 0 spiro atoms. The van der Waals surface area contributed by atoms with Gasteiger partial charge in [0, 0.05) is 53.7 Å². The van der Waals surface area contributed by atoms with Gasteiger partial charge in [-0.1, -0.05) is 29.8 Å². The van der Waals surface area contributed by atoms with E-state index in [1.807, 2.05) is 24.3 Å². The second-order valence-electron chi connectivity index (χ2n) is 10.4. The lowest BCUT2D eigenvalue weighted by Gasteiger charge is -2.42. The number of benzene rings is 2. The molecule has 1 fully saturated rings. The van der Waals surface area contributed by atoms with Crippen LogP contribution >= 0.6 is 11.6 Å². The van der Waals surface area contributed by atoms with E-state index in [-0.39, 0.29) is 11.7 Å². The van der Waals surface area contributed by atoms with Gasteiger partial charge >= 0.3 is 17.9 Å². The number of rotatable bonds is 9. The first-order valence-electron chi connectivity index (χ1n) is 13.1. The summed E-state index contributed by atoms with van der Waals surface area (Å²) in [5, 5.41) is 38.7. The molecular formula is C29H33ClFN3O8. The zero-order chi connectivity index (χ0) is 31.2. The Morgan fingerprint density at radius 3 is 2.17 bits per heavy atom. The Morgan fingerprint density at radius 1 is 1.05 bits per heavy atom. The zero-order valence-electron chi connectivity index (χ0n) is 23.1. The van der Waals surface area contributed by atoms with Crippen LogP contribution in [-0.2, 0) is 31.3 Å². The monoisotopic (exact) mass is 605 g/mol. The van der Waals surface area contributed by atoms with Gasteiger partial charge in [-0.05, 0) is 49.6 Å². The van der Waals surface area contributed by atoms with Crippen molar-refractivity contribution in [3.63, 3.8) is 0 Å². The molecule has 1 saturated heterocycles. The molecule has 0 radical (unpaired) electrons. The molecule has 42 heavy (non-hydrogen) atoms. The molecule has 0 atom stereocenters. The summed E-state index contributed by atoms with van der Waals surface area (Å²) in [4.78, 5) is 48.2. The first-order valence-corrected chi connectivity index (χ1v) is 13.5. The number of nitrogens with one attached hydrogen (secondary N) is 2. The maximum absolute atomic E-state index is 14.6. The summed E-state index contributed by atoms with van der Waals surface area (Å²) < 4.78 is 14.6. The zero-order valence-corrected chi connectivity index (χ0v) is 23.9. The summed E-state index contributed by atoms with van der Waals surface area (Å²) in [6.45, 7) is 5.89. The van der Waals surface area contributed by atoms with E-state index < -0.39 is 41.9 Å². The van der Waals surface area contributed by atoms with Crippen LogP contribution in [-0.4, -0.2) is 72.8 Å². The fourth-order valence-corrected chi connectivity index (χ4v) is 5.41. The van der Waals surface area contributed by atoms with Gasteiger partial charge in [0.05, 0.1) is 18.4 Å². The number of hydrogen-bond donors (Lipinski definition) is 6. The first kappa shape index (κ1) is 32.5. The highest BCUT2D eigenvalue weighted by molar-refractivity contribution is 6.31. The number of aromatic amines is 1. The van der Waals surface area contributed by atoms with Crippen molar-refractivity contribution in [2.24, 2.45) is 0 Å². The molecule has 1 aliphatic rings. The average Bonchev–Trinajstić information content (AvgIpc) is 3.18. The highest BCUT2D eigenvalue weighted by Gasteiger charge is 2.41. The third-order valence-corrected chi connectivity index (χ3v) is 7.50. The number of carbonyl (C=O) groups is 4. The van der Waals surface area contributed by atoms with Crippen LogP contribution in [0.2, 0.25) is 5.02 Å². The number of aromatic nitrogens is 1. The van der Waals surface area contributed by atoms with Crippen LogP contribution in [0.25, 0.3) is 10.9 Å². The highest BCUT2D eigenvalue weighted by Crippen LogP contribution is 2.36. The number of aliphatic hydroxyl groups is 1. The van der Waals surface area contributed by atoms with Gasteiger partial charge in [0.1, 0.15) is 5.82 Å². The first-order chi connectivity index (χ1) is 19.7. The number of fused-ring (bicyclic) bond motifs is 1. The second-order valence-corrected chi connectivity index (χ2v) is 10.9. The fraction of sp³-hybridized carbons (Fsp3) is 0.379. The molecular weight excluding hydrogens is 573 g/mol. The van der Waals surface area contributed by atoms with E-state index in [1.54, 1.807) is 12.1 Å². The number of H-pyrrole nitrogens is 1. The number of carboxylic acid groups (broad SMARTS) is 3. The fourth-order valence-electron chi connectivity index (χ4n) is 5.24. The number of amides is 1. The van der Waals surface area contributed by atoms with Crippen LogP contribution in [0, 0.1) is 12.7 Å². The van der Waals surface area contributed by atoms with Crippen LogP contribution < -0.4 is 5.32 Å². The van der Waals surface area contributed by atoms with Crippen LogP contribution in [0.5, 0.6) is 0 Å². The van der Waals surface area contributed by atoms with Crippen molar-refractivity contribution in [2.45, 2.75) is 57.2 Å². The smallest absolute Gasteiger partial charge is 0.336 e. The molecule has 2 aromatic carbocycles. The molecule has 0 aliphatic carbocycles. The van der Waals surface area contributed by atoms with Crippen molar-refractivity contribution in [3.8, 4) is 0 Å². The predicted octanol–water partition coefficient (Wildman–Crippen LogP) is 3.65. The molecule has 226 valence electrons. The lowest BCUT2D eigenvalue weighted by atomic mass is 9.80. The Balaban J connectivity index is 0.000000316. The number of likely N-dealkylation sites (tertiary alicyclic amines) is 1. The van der Waals surface area contributed by atoms with E-state index in [2.05, 4.69) is 22.1 Å². The molecule has 1 aromatic heterocycles. The molecule has 0 unspecified atom stereocenters. The minimum absolute atomic E-state index is 0.135. The highest BCUT2D eigenvalue weighted by atomic mass is 35.5. The van der Waals surface area contributed by atoms with Gasteiger partial charge in [-0.25, -0.2) is 9.18 Å². The van der Waals surface area contributed by atoms with E-state index in [9.17, 15) is 23.6 Å². The van der Waals surface area contributed by atoms with Crippen molar-refractivity contribution >= 4 is 46.3 Å². The van der Waals surface area contributed by atoms with Crippen LogP contribution in [0.4, 0.5) is 4.39 Å². The van der Waals surface area contributed by atoms with E-state index in [0.717, 1.165) is 41.3 Å². The van der Waals surface area contributed by atoms with Gasteiger partial charge in [-0.2, -0.15) is 0 Å². The molecule has 0 bridgehead atoms. The van der Waals surface area contributed by atoms with Gasteiger partial charge in [-0.3, -0.25) is 19.3 Å². The van der Waals surface area contributed by atoms with E-state index in [0.29, 0.717) is 18.4 Å². The maximum atomic E-state index is 14.6. The minimum Gasteiger partial charge on any atom is -0.481 e. The molecule has 0 saturated carbocycles. The SMILES string of the molecule is CC(=O)NC1(c2ccccc2F)CCN(Cc2c(C)[nH]c3ccc(Cl)cc23)CC1.O=C(O)CC(O)(CC(=O)O)C(=O)O. The Kier molecular flexibility index (Phi) is 10.3. The lowest BCUT2D eigenvalue weighted by molar-refractivity contribution is -0.170. The number of aryl methyl sites for hydroxylation is 1. The summed E-state index contributed by atoms with van der Waals surface area (Å²) in [5.41, 5.74) is 0.627. The minimum atomic E-state index is -2.74. The molecule has 6 N–H and O–H groups in total. The van der Waals surface area contributed by atoms with Crippen molar-refractivity contribution in [3.05, 3.63) is 70.1 Å². The molecule has 1 amide bonds. The van der Waals surface area contributed by atoms with Crippen molar-refractivity contribution in [1.82, 2.24) is 15.2 Å². The number of carboxylic acids is 3. The predicted molar refractivity (Wildman–Crippen MR) is 152 cm³/mol. The van der Waals surface area contributed by atoms with Gasteiger partial charge in [0.2, 0.25) is 5.91 Å². The van der Waals surface area contributed by atoms with E-state index >= 15 is 0 Å². The van der Waals surface area contributed by atoms with Crippen LogP contribution in [0.3, 0.4) is 0 Å². The quantitative estimate of drug-likeness (QED) is 0.212. The van der Waals surface area contributed by atoms with Crippen molar-refractivity contribution in [1.29, 1.82) is 0 Å². The Bertz CT molecular complexity index is 1470. The molecule has 1 aliphatic heterocycles. The number of halogens is 2. The van der Waals surface area contributed by atoms with Crippen LogP contribution in [0.15, 0.2) is 42.5 Å². The molecule has 11 nitrogen and oxygen atoms in total. The van der Waals surface area contributed by atoms with Crippen molar-refractivity contribution in [2.75, 3.05) is 13.1 Å². The standard InChI is InChI=1S/C23H25ClFN3O.C6H8O7/c1-15-19(18-13-17(24)7-8-22(18)26-15)14-28-11-9-23(10-12-28,27-16(2)29)20-5-3-4-6-21(20)25;7-3(8)1-6(13,5(11)12)2-4(9)10/h3-8,13,26H,9-12,14H2,1-2H3,(H,27,29);13H,1-2H2,(H,7,8)(H,9,10)(H,11,12). The Labute approximate surface area is 245 Å². The number of nitrogens with zero attached hydrogens (tertiary/aromatic N) is 1. The summed E-state index contributed by atoms with van der Waals surface area (Å²) in [5.74, 6) is -5.42.